The van der Waals surface area contributed by atoms with Crippen LogP contribution in [0.15, 0.2) is 30.3 Å². The van der Waals surface area contributed by atoms with Gasteiger partial charge in [0.15, 0.2) is 0 Å². The first-order valence-corrected chi connectivity index (χ1v) is 4.97. The van der Waals surface area contributed by atoms with Crippen molar-refractivity contribution in [3.05, 3.63) is 36.0 Å². The Bertz CT molecular complexity index is 529. The van der Waals surface area contributed by atoms with Gasteiger partial charge in [0.05, 0.1) is 24.7 Å². The molecule has 1 aromatic heterocycles. The van der Waals surface area contributed by atoms with Gasteiger partial charge in [-0.1, -0.05) is 24.3 Å². The molecule has 0 radical (unpaired) electrons. The molecule has 0 spiro atoms. The zero-order valence-corrected chi connectivity index (χ0v) is 8.93. The van der Waals surface area contributed by atoms with Crippen LogP contribution in [-0.2, 0) is 9.53 Å². The van der Waals surface area contributed by atoms with Crippen LogP contribution in [0, 0.1) is 0 Å². The van der Waals surface area contributed by atoms with Crippen LogP contribution in [0.2, 0.25) is 0 Å². The number of aromatic nitrogens is 2. The number of carbonyl (C=O) groups excluding carboxylic acids is 1. The van der Waals surface area contributed by atoms with Gasteiger partial charge < -0.3 is 4.74 Å². The Balaban J connectivity index is 2.18. The Morgan fingerprint density at radius 3 is 3.12 bits per heavy atom. The number of methoxy groups -OCH3 is 1. The number of nitrogens with zero attached hydrogens (tertiary/aromatic N) is 1. The Hall–Kier alpha value is -2.10. The van der Waals surface area contributed by atoms with Crippen LogP contribution < -0.4 is 0 Å². The molecular weight excluding hydrogens is 204 g/mol. The number of H-pyrrole nitrogens is 1. The van der Waals surface area contributed by atoms with E-state index >= 15 is 0 Å². The van der Waals surface area contributed by atoms with Gasteiger partial charge in [-0.2, -0.15) is 5.10 Å². The summed E-state index contributed by atoms with van der Waals surface area (Å²) >= 11 is 0. The molecule has 0 bridgehead atoms. The molecule has 0 aliphatic rings. The lowest BCUT2D eigenvalue weighted by molar-refractivity contribution is -0.139. The molecule has 1 N–H and O–H groups in total. The molecule has 0 aliphatic heterocycles. The van der Waals surface area contributed by atoms with E-state index in [1.54, 1.807) is 6.08 Å². The van der Waals surface area contributed by atoms with Crippen molar-refractivity contribution >= 4 is 22.9 Å². The van der Waals surface area contributed by atoms with Crippen molar-refractivity contribution in [1.82, 2.24) is 10.2 Å². The van der Waals surface area contributed by atoms with Crippen LogP contribution in [0.25, 0.3) is 17.0 Å². The van der Waals surface area contributed by atoms with Crippen LogP contribution in [0.3, 0.4) is 0 Å². The minimum atomic E-state index is -0.250. The maximum absolute atomic E-state index is 10.9. The minimum absolute atomic E-state index is 0.250. The van der Waals surface area contributed by atoms with Gasteiger partial charge in [0.1, 0.15) is 0 Å². The van der Waals surface area contributed by atoms with Gasteiger partial charge in [-0.05, 0) is 12.1 Å². The van der Waals surface area contributed by atoms with Crippen LogP contribution in [0.5, 0.6) is 0 Å². The van der Waals surface area contributed by atoms with Crippen molar-refractivity contribution in [3.63, 3.8) is 0 Å². The van der Waals surface area contributed by atoms with Gasteiger partial charge in [-0.3, -0.25) is 9.89 Å². The van der Waals surface area contributed by atoms with Crippen molar-refractivity contribution in [2.24, 2.45) is 0 Å². The topological polar surface area (TPSA) is 55.0 Å². The molecule has 2 rings (SSSR count). The number of para-hydroxylation sites is 1. The predicted octanol–water partition coefficient (Wildman–Crippen LogP) is 2.14. The number of esters is 1. The third-order valence-electron chi connectivity index (χ3n) is 2.29. The van der Waals surface area contributed by atoms with Crippen molar-refractivity contribution in [2.45, 2.75) is 6.42 Å². The van der Waals surface area contributed by atoms with Crippen molar-refractivity contribution in [2.75, 3.05) is 7.11 Å². The van der Waals surface area contributed by atoms with Crippen LogP contribution in [0.1, 0.15) is 12.1 Å². The smallest absolute Gasteiger partial charge is 0.309 e. The first-order chi connectivity index (χ1) is 7.81. The Labute approximate surface area is 92.9 Å². The molecule has 4 heteroatoms. The van der Waals surface area contributed by atoms with E-state index in [9.17, 15) is 4.79 Å². The quantitative estimate of drug-likeness (QED) is 0.800. The molecule has 1 aromatic carbocycles. The lowest BCUT2D eigenvalue weighted by Crippen LogP contribution is -1.96. The second kappa shape index (κ2) is 4.61. The molecule has 1 heterocycles. The maximum atomic E-state index is 10.9. The number of nitrogens with one attached hydrogen (secondary N) is 1. The molecular formula is C12H12N2O2. The number of aromatic amines is 1. The van der Waals surface area contributed by atoms with E-state index in [0.29, 0.717) is 0 Å². The summed E-state index contributed by atoms with van der Waals surface area (Å²) in [5.74, 6) is -0.250. The predicted molar refractivity (Wildman–Crippen MR) is 61.8 cm³/mol. The Kier molecular flexibility index (Phi) is 3.00. The minimum Gasteiger partial charge on any atom is -0.469 e. The molecule has 0 unspecified atom stereocenters. The standard InChI is InChI=1S/C12H12N2O2/c1-16-12(15)8-4-7-11-9-5-2-3-6-10(9)13-14-11/h2-7H,8H2,1H3,(H,13,14). The highest BCUT2D eigenvalue weighted by molar-refractivity contribution is 5.86. The van der Waals surface area contributed by atoms with E-state index < -0.39 is 0 Å². The van der Waals surface area contributed by atoms with E-state index in [2.05, 4.69) is 14.9 Å². The summed E-state index contributed by atoms with van der Waals surface area (Å²) < 4.78 is 4.54. The molecule has 0 saturated carbocycles. The van der Waals surface area contributed by atoms with Gasteiger partial charge >= 0.3 is 5.97 Å². The van der Waals surface area contributed by atoms with Crippen LogP contribution in [0.4, 0.5) is 0 Å². The number of benzene rings is 1. The summed E-state index contributed by atoms with van der Waals surface area (Å²) in [5.41, 5.74) is 1.82. The zero-order chi connectivity index (χ0) is 11.4. The lowest BCUT2D eigenvalue weighted by atomic mass is 10.2. The summed E-state index contributed by atoms with van der Waals surface area (Å²) in [5, 5.41) is 8.11. The third kappa shape index (κ3) is 2.11. The fourth-order valence-electron chi connectivity index (χ4n) is 1.46. The monoisotopic (exact) mass is 216 g/mol. The highest BCUT2D eigenvalue weighted by Gasteiger charge is 2.00. The van der Waals surface area contributed by atoms with Crippen molar-refractivity contribution < 1.29 is 9.53 Å². The number of carbonyl (C=O) groups is 1. The van der Waals surface area contributed by atoms with Gasteiger partial charge in [-0.25, -0.2) is 0 Å². The Morgan fingerprint density at radius 2 is 2.31 bits per heavy atom. The Morgan fingerprint density at radius 1 is 1.50 bits per heavy atom. The summed E-state index contributed by atoms with van der Waals surface area (Å²) in [4.78, 5) is 10.9. The van der Waals surface area contributed by atoms with E-state index in [4.69, 9.17) is 0 Å². The van der Waals surface area contributed by atoms with Crippen LogP contribution in [-0.4, -0.2) is 23.3 Å². The second-order valence-corrected chi connectivity index (χ2v) is 3.34. The molecule has 0 atom stereocenters. The average molecular weight is 216 g/mol. The molecule has 0 saturated heterocycles. The molecule has 82 valence electrons. The molecule has 0 aliphatic carbocycles. The summed E-state index contributed by atoms with van der Waals surface area (Å²) in [6.07, 6.45) is 3.86. The number of ether oxygens (including phenoxy) is 1. The SMILES string of the molecule is COC(=O)CC=Cc1[nH]nc2ccccc12. The molecule has 16 heavy (non-hydrogen) atoms. The number of hydrogen-bond acceptors (Lipinski definition) is 3. The highest BCUT2D eigenvalue weighted by Crippen LogP contribution is 2.16. The van der Waals surface area contributed by atoms with Gasteiger partial charge in [0.25, 0.3) is 0 Å². The second-order valence-electron chi connectivity index (χ2n) is 3.34. The largest absolute Gasteiger partial charge is 0.469 e. The summed E-state index contributed by atoms with van der Waals surface area (Å²) in [6.45, 7) is 0. The molecule has 4 nitrogen and oxygen atoms in total. The molecule has 0 amide bonds. The first-order valence-electron chi connectivity index (χ1n) is 4.97. The van der Waals surface area contributed by atoms with E-state index in [1.165, 1.54) is 7.11 Å². The summed E-state index contributed by atoms with van der Waals surface area (Å²) in [7, 11) is 1.38. The van der Waals surface area contributed by atoms with Crippen LogP contribution >= 0.6 is 0 Å². The van der Waals surface area contributed by atoms with Gasteiger partial charge in [-0.15, -0.1) is 0 Å². The van der Waals surface area contributed by atoms with Crippen molar-refractivity contribution in [1.29, 1.82) is 0 Å². The number of rotatable bonds is 3. The lowest BCUT2D eigenvalue weighted by Gasteiger charge is -1.92. The third-order valence-corrected chi connectivity index (χ3v) is 2.29. The zero-order valence-electron chi connectivity index (χ0n) is 8.93. The fraction of sp³-hybridized carbons (Fsp3) is 0.167. The summed E-state index contributed by atoms with van der Waals surface area (Å²) in [6, 6.07) is 7.81. The number of hydrogen-bond donors (Lipinski definition) is 1. The molecule has 0 fully saturated rings. The normalized spacial score (nSPS) is 11.1. The van der Waals surface area contributed by atoms with Crippen molar-refractivity contribution in [3.8, 4) is 0 Å². The van der Waals surface area contributed by atoms with Gasteiger partial charge in [0.2, 0.25) is 0 Å². The number of fused-ring (bicyclic) bond motifs is 1. The maximum Gasteiger partial charge on any atom is 0.309 e. The van der Waals surface area contributed by atoms with E-state index in [0.717, 1.165) is 16.6 Å². The molecule has 2 aromatic rings. The van der Waals surface area contributed by atoms with E-state index in [-0.39, 0.29) is 12.4 Å². The fourth-order valence-corrected chi connectivity index (χ4v) is 1.46. The van der Waals surface area contributed by atoms with Gasteiger partial charge in [0, 0.05) is 5.39 Å². The highest BCUT2D eigenvalue weighted by atomic mass is 16.5. The first kappa shape index (κ1) is 10.4. The average Bonchev–Trinajstić information content (AvgIpc) is 2.73. The van der Waals surface area contributed by atoms with E-state index in [1.807, 2.05) is 30.3 Å².